The predicted molar refractivity (Wildman–Crippen MR) is 75.1 cm³/mol. The van der Waals surface area contributed by atoms with Crippen molar-refractivity contribution in [2.24, 2.45) is 0 Å². The molecule has 0 fully saturated rings. The van der Waals surface area contributed by atoms with Crippen LogP contribution in [0.3, 0.4) is 0 Å². The number of carbonyl (C=O) groups excluding carboxylic acids is 1. The number of carboxylic acids is 1. The van der Waals surface area contributed by atoms with Gasteiger partial charge in [0.15, 0.2) is 0 Å². The number of aryl methyl sites for hydroxylation is 1. The van der Waals surface area contributed by atoms with Crippen molar-refractivity contribution >= 4 is 34.0 Å². The maximum Gasteiger partial charge on any atom is 0.338 e. The van der Waals surface area contributed by atoms with E-state index in [2.05, 4.69) is 10.6 Å². The number of thiophene rings is 1. The van der Waals surface area contributed by atoms with Gasteiger partial charge >= 0.3 is 12.0 Å². The minimum absolute atomic E-state index is 0.0879. The van der Waals surface area contributed by atoms with Crippen LogP contribution in [0.1, 0.15) is 15.9 Å². The molecular formula is C13H12N2O3S. The molecule has 0 spiro atoms. The summed E-state index contributed by atoms with van der Waals surface area (Å²) in [7, 11) is 0. The summed E-state index contributed by atoms with van der Waals surface area (Å²) < 4.78 is 0. The Morgan fingerprint density at radius 2 is 1.89 bits per heavy atom. The molecule has 0 unspecified atom stereocenters. The minimum atomic E-state index is -1.06. The molecule has 2 rings (SSSR count). The van der Waals surface area contributed by atoms with Gasteiger partial charge in [-0.25, -0.2) is 9.59 Å². The van der Waals surface area contributed by atoms with Gasteiger partial charge in [0.2, 0.25) is 0 Å². The van der Waals surface area contributed by atoms with Crippen LogP contribution in [0.2, 0.25) is 0 Å². The molecule has 0 bridgehead atoms. The zero-order valence-electron chi connectivity index (χ0n) is 10.1. The molecule has 2 aromatic rings. The van der Waals surface area contributed by atoms with Crippen molar-refractivity contribution in [1.82, 2.24) is 0 Å². The summed E-state index contributed by atoms with van der Waals surface area (Å²) in [4.78, 5) is 22.7. The fourth-order valence-corrected chi connectivity index (χ4v) is 2.32. The van der Waals surface area contributed by atoms with Gasteiger partial charge in [-0.2, -0.15) is 0 Å². The number of anilines is 2. The first-order valence-electron chi connectivity index (χ1n) is 5.52. The lowest BCUT2D eigenvalue weighted by atomic mass is 10.2. The number of rotatable bonds is 3. The first-order valence-corrected chi connectivity index (χ1v) is 6.40. The van der Waals surface area contributed by atoms with E-state index in [4.69, 9.17) is 5.11 Å². The molecule has 19 heavy (non-hydrogen) atoms. The molecule has 0 aliphatic carbocycles. The van der Waals surface area contributed by atoms with Crippen LogP contribution in [0, 0.1) is 6.92 Å². The second-order valence-electron chi connectivity index (χ2n) is 3.86. The Bertz CT molecular complexity index is 622. The standard InChI is InChI=1S/C13H12N2O3S/c1-8-4-2-3-5-10(8)14-13(18)15-11-9(12(16)17)6-7-19-11/h2-7H,1H3,(H,16,17)(H2,14,15,18). The second kappa shape index (κ2) is 5.53. The summed E-state index contributed by atoms with van der Waals surface area (Å²) in [6, 6.07) is 8.34. The van der Waals surface area contributed by atoms with Gasteiger partial charge in [0.1, 0.15) is 5.00 Å². The van der Waals surface area contributed by atoms with Crippen molar-refractivity contribution in [1.29, 1.82) is 0 Å². The van der Waals surface area contributed by atoms with E-state index in [1.165, 1.54) is 17.4 Å². The highest BCUT2D eigenvalue weighted by atomic mass is 32.1. The first-order chi connectivity index (χ1) is 9.08. The van der Waals surface area contributed by atoms with Gasteiger partial charge in [-0.15, -0.1) is 11.3 Å². The smallest absolute Gasteiger partial charge is 0.338 e. The molecule has 1 heterocycles. The van der Waals surface area contributed by atoms with Crippen molar-refractivity contribution in [2.45, 2.75) is 6.92 Å². The third-order valence-electron chi connectivity index (χ3n) is 2.52. The van der Waals surface area contributed by atoms with E-state index >= 15 is 0 Å². The molecule has 5 nitrogen and oxygen atoms in total. The van der Waals surface area contributed by atoms with Crippen molar-refractivity contribution < 1.29 is 14.7 Å². The summed E-state index contributed by atoms with van der Waals surface area (Å²) in [6.07, 6.45) is 0. The second-order valence-corrected chi connectivity index (χ2v) is 4.78. The van der Waals surface area contributed by atoms with Crippen LogP contribution in [-0.4, -0.2) is 17.1 Å². The monoisotopic (exact) mass is 276 g/mol. The fourth-order valence-electron chi connectivity index (χ4n) is 1.54. The van der Waals surface area contributed by atoms with E-state index < -0.39 is 12.0 Å². The summed E-state index contributed by atoms with van der Waals surface area (Å²) in [6.45, 7) is 1.88. The molecule has 1 aromatic heterocycles. The number of nitrogens with one attached hydrogen (secondary N) is 2. The number of benzene rings is 1. The summed E-state index contributed by atoms with van der Waals surface area (Å²) >= 11 is 1.17. The molecule has 0 saturated heterocycles. The Labute approximate surface area is 113 Å². The third-order valence-corrected chi connectivity index (χ3v) is 3.35. The van der Waals surface area contributed by atoms with Gasteiger partial charge in [-0.05, 0) is 30.0 Å². The van der Waals surface area contributed by atoms with Crippen LogP contribution < -0.4 is 10.6 Å². The van der Waals surface area contributed by atoms with Gasteiger partial charge in [0.25, 0.3) is 0 Å². The maximum atomic E-state index is 11.8. The Hall–Kier alpha value is -2.34. The van der Waals surface area contributed by atoms with Crippen LogP contribution in [0.15, 0.2) is 35.7 Å². The van der Waals surface area contributed by atoms with E-state index in [0.717, 1.165) is 5.56 Å². The molecule has 6 heteroatoms. The highest BCUT2D eigenvalue weighted by Gasteiger charge is 2.14. The van der Waals surface area contributed by atoms with E-state index in [1.54, 1.807) is 11.4 Å². The third kappa shape index (κ3) is 3.11. The van der Waals surface area contributed by atoms with E-state index in [9.17, 15) is 9.59 Å². The summed E-state index contributed by atoms with van der Waals surface area (Å²) in [5, 5.41) is 16.1. The molecule has 1 aromatic carbocycles. The molecular weight excluding hydrogens is 264 g/mol. The normalized spacial score (nSPS) is 9.95. The van der Waals surface area contributed by atoms with Gasteiger partial charge in [-0.3, -0.25) is 5.32 Å². The number of para-hydroxylation sites is 1. The van der Waals surface area contributed by atoms with Gasteiger partial charge < -0.3 is 10.4 Å². The summed E-state index contributed by atoms with van der Waals surface area (Å²) in [5.41, 5.74) is 1.71. The number of hydrogen-bond acceptors (Lipinski definition) is 3. The zero-order valence-corrected chi connectivity index (χ0v) is 11.0. The maximum absolute atomic E-state index is 11.8. The highest BCUT2D eigenvalue weighted by molar-refractivity contribution is 7.14. The first kappa shape index (κ1) is 13.1. The number of amides is 2. The lowest BCUT2D eigenvalue weighted by Crippen LogP contribution is -2.20. The number of urea groups is 1. The Balaban J connectivity index is 2.08. The molecule has 3 N–H and O–H groups in total. The van der Waals surface area contributed by atoms with Crippen LogP contribution in [-0.2, 0) is 0 Å². The Morgan fingerprint density at radius 1 is 1.16 bits per heavy atom. The van der Waals surface area contributed by atoms with Gasteiger partial charge in [-0.1, -0.05) is 18.2 Å². The van der Waals surface area contributed by atoms with Crippen molar-refractivity contribution in [3.63, 3.8) is 0 Å². The molecule has 98 valence electrons. The van der Waals surface area contributed by atoms with Crippen molar-refractivity contribution in [2.75, 3.05) is 10.6 Å². The quantitative estimate of drug-likeness (QED) is 0.804. The Kier molecular flexibility index (Phi) is 3.82. The van der Waals surface area contributed by atoms with Crippen molar-refractivity contribution in [3.05, 3.63) is 46.8 Å². The van der Waals surface area contributed by atoms with E-state index in [-0.39, 0.29) is 5.56 Å². The SMILES string of the molecule is Cc1ccccc1NC(=O)Nc1sccc1C(=O)O. The molecule has 0 aliphatic heterocycles. The molecule has 0 atom stereocenters. The van der Waals surface area contributed by atoms with Gasteiger partial charge in [0, 0.05) is 5.69 Å². The highest BCUT2D eigenvalue weighted by Crippen LogP contribution is 2.23. The molecule has 2 amide bonds. The van der Waals surface area contributed by atoms with E-state index in [1.807, 2.05) is 25.1 Å². The topological polar surface area (TPSA) is 78.4 Å². The molecule has 0 aliphatic rings. The van der Waals surface area contributed by atoms with Crippen LogP contribution in [0.25, 0.3) is 0 Å². The minimum Gasteiger partial charge on any atom is -0.478 e. The zero-order chi connectivity index (χ0) is 13.8. The van der Waals surface area contributed by atoms with Crippen LogP contribution in [0.4, 0.5) is 15.5 Å². The Morgan fingerprint density at radius 3 is 2.58 bits per heavy atom. The van der Waals surface area contributed by atoms with Gasteiger partial charge in [0.05, 0.1) is 5.56 Å². The average molecular weight is 276 g/mol. The van der Waals surface area contributed by atoms with E-state index in [0.29, 0.717) is 10.7 Å². The fraction of sp³-hybridized carbons (Fsp3) is 0.0769. The number of hydrogen-bond donors (Lipinski definition) is 3. The number of carbonyl (C=O) groups is 2. The average Bonchev–Trinajstić information content (AvgIpc) is 2.80. The number of carboxylic acid groups (broad SMARTS) is 1. The molecule has 0 radical (unpaired) electrons. The lowest BCUT2D eigenvalue weighted by molar-refractivity contribution is 0.0698. The van der Waals surface area contributed by atoms with Crippen molar-refractivity contribution in [3.8, 4) is 0 Å². The van der Waals surface area contributed by atoms with Crippen LogP contribution >= 0.6 is 11.3 Å². The lowest BCUT2D eigenvalue weighted by Gasteiger charge is -2.09. The summed E-state index contributed by atoms with van der Waals surface area (Å²) in [5.74, 6) is -1.06. The molecule has 0 saturated carbocycles. The largest absolute Gasteiger partial charge is 0.478 e. The van der Waals surface area contributed by atoms with Crippen LogP contribution in [0.5, 0.6) is 0 Å². The number of aromatic carboxylic acids is 1. The predicted octanol–water partition coefficient (Wildman–Crippen LogP) is 3.40.